The first-order chi connectivity index (χ1) is 9.63. The van der Waals surface area contributed by atoms with E-state index in [1.807, 2.05) is 0 Å². The number of ether oxygens (including phenoxy) is 1. The molecule has 0 saturated heterocycles. The van der Waals surface area contributed by atoms with E-state index in [0.29, 0.717) is 4.83 Å². The summed E-state index contributed by atoms with van der Waals surface area (Å²) in [5.74, 6) is 1.04. The zero-order chi connectivity index (χ0) is 14.5. The Bertz CT molecular complexity index is 563. The van der Waals surface area contributed by atoms with Crippen molar-refractivity contribution in [2.24, 2.45) is 0 Å². The van der Waals surface area contributed by atoms with Crippen LogP contribution in [0, 0.1) is 13.8 Å². The lowest BCUT2D eigenvalue weighted by molar-refractivity contribution is 0.405. The SMILES string of the molecule is COc1c(CCC(Br)c2ccccc2)ccc(C)c1C. The molecular formula is C18H21BrO. The monoisotopic (exact) mass is 332 g/mol. The van der Waals surface area contributed by atoms with Crippen molar-refractivity contribution in [2.45, 2.75) is 31.5 Å². The van der Waals surface area contributed by atoms with Gasteiger partial charge < -0.3 is 4.74 Å². The van der Waals surface area contributed by atoms with Crippen molar-refractivity contribution in [1.29, 1.82) is 0 Å². The topological polar surface area (TPSA) is 9.23 Å². The number of hydrogen-bond donors (Lipinski definition) is 0. The maximum Gasteiger partial charge on any atom is 0.125 e. The van der Waals surface area contributed by atoms with Crippen LogP contribution in [0.2, 0.25) is 0 Å². The summed E-state index contributed by atoms with van der Waals surface area (Å²) in [7, 11) is 1.76. The van der Waals surface area contributed by atoms with Gasteiger partial charge in [0.2, 0.25) is 0 Å². The van der Waals surface area contributed by atoms with Gasteiger partial charge in [-0.3, -0.25) is 0 Å². The average Bonchev–Trinajstić information content (AvgIpc) is 2.49. The van der Waals surface area contributed by atoms with Gasteiger partial charge in [0.05, 0.1) is 7.11 Å². The first kappa shape index (κ1) is 15.1. The Hall–Kier alpha value is -1.28. The van der Waals surface area contributed by atoms with E-state index in [1.165, 1.54) is 22.3 Å². The molecule has 2 heteroatoms. The molecule has 2 rings (SSSR count). The molecule has 0 aliphatic heterocycles. The lowest BCUT2D eigenvalue weighted by Gasteiger charge is -2.15. The van der Waals surface area contributed by atoms with Crippen LogP contribution in [0.25, 0.3) is 0 Å². The average molecular weight is 333 g/mol. The normalized spacial score (nSPS) is 12.2. The zero-order valence-corrected chi connectivity index (χ0v) is 13.9. The third-order valence-electron chi connectivity index (χ3n) is 3.79. The van der Waals surface area contributed by atoms with Gasteiger partial charge in [-0.2, -0.15) is 0 Å². The fourth-order valence-corrected chi connectivity index (χ4v) is 2.97. The fourth-order valence-electron chi connectivity index (χ4n) is 2.44. The Labute approximate surface area is 130 Å². The van der Waals surface area contributed by atoms with E-state index in [0.717, 1.165) is 18.6 Å². The van der Waals surface area contributed by atoms with Crippen LogP contribution in [-0.4, -0.2) is 7.11 Å². The molecule has 2 aromatic rings. The maximum atomic E-state index is 5.58. The number of hydrogen-bond acceptors (Lipinski definition) is 1. The van der Waals surface area contributed by atoms with Gasteiger partial charge in [0.25, 0.3) is 0 Å². The van der Waals surface area contributed by atoms with Crippen molar-refractivity contribution in [1.82, 2.24) is 0 Å². The summed E-state index contributed by atoms with van der Waals surface area (Å²) < 4.78 is 5.58. The largest absolute Gasteiger partial charge is 0.496 e. The zero-order valence-electron chi connectivity index (χ0n) is 12.3. The van der Waals surface area contributed by atoms with E-state index < -0.39 is 0 Å². The molecule has 0 radical (unpaired) electrons. The number of alkyl halides is 1. The highest BCUT2D eigenvalue weighted by Crippen LogP contribution is 2.32. The van der Waals surface area contributed by atoms with E-state index in [4.69, 9.17) is 4.74 Å². The molecule has 2 aromatic carbocycles. The van der Waals surface area contributed by atoms with Crippen molar-refractivity contribution in [3.63, 3.8) is 0 Å². The molecule has 0 aliphatic rings. The van der Waals surface area contributed by atoms with Gasteiger partial charge in [0, 0.05) is 4.83 Å². The molecule has 0 amide bonds. The highest BCUT2D eigenvalue weighted by atomic mass is 79.9. The van der Waals surface area contributed by atoms with Crippen LogP contribution >= 0.6 is 15.9 Å². The Morgan fingerprint density at radius 1 is 1.05 bits per heavy atom. The highest BCUT2D eigenvalue weighted by molar-refractivity contribution is 9.09. The van der Waals surface area contributed by atoms with Gasteiger partial charge >= 0.3 is 0 Å². The summed E-state index contributed by atoms with van der Waals surface area (Å²) >= 11 is 3.78. The molecule has 0 aliphatic carbocycles. The second kappa shape index (κ2) is 6.94. The Kier molecular flexibility index (Phi) is 5.24. The third-order valence-corrected chi connectivity index (χ3v) is 4.78. The van der Waals surface area contributed by atoms with Crippen LogP contribution in [0.3, 0.4) is 0 Å². The van der Waals surface area contributed by atoms with Crippen LogP contribution in [0.5, 0.6) is 5.75 Å². The lowest BCUT2D eigenvalue weighted by Crippen LogP contribution is -1.99. The number of aryl methyl sites for hydroxylation is 2. The maximum absolute atomic E-state index is 5.58. The predicted molar refractivity (Wildman–Crippen MR) is 88.9 cm³/mol. The smallest absolute Gasteiger partial charge is 0.125 e. The van der Waals surface area contributed by atoms with Gasteiger partial charge in [0.1, 0.15) is 5.75 Å². The van der Waals surface area contributed by atoms with Crippen LogP contribution in [0.4, 0.5) is 0 Å². The summed E-state index contributed by atoms with van der Waals surface area (Å²) in [6.45, 7) is 4.25. The molecule has 106 valence electrons. The van der Waals surface area contributed by atoms with E-state index in [-0.39, 0.29) is 0 Å². The van der Waals surface area contributed by atoms with Crippen molar-refractivity contribution in [2.75, 3.05) is 7.11 Å². The van der Waals surface area contributed by atoms with E-state index >= 15 is 0 Å². The molecular weight excluding hydrogens is 312 g/mol. The van der Waals surface area contributed by atoms with Crippen LogP contribution in [-0.2, 0) is 6.42 Å². The predicted octanol–water partition coefficient (Wildman–Crippen LogP) is 5.38. The van der Waals surface area contributed by atoms with Crippen molar-refractivity contribution < 1.29 is 4.74 Å². The van der Waals surface area contributed by atoms with E-state index in [1.54, 1.807) is 7.11 Å². The van der Waals surface area contributed by atoms with Crippen LogP contribution in [0.1, 0.15) is 33.5 Å². The molecule has 0 saturated carbocycles. The van der Waals surface area contributed by atoms with Crippen LogP contribution in [0.15, 0.2) is 42.5 Å². The third kappa shape index (κ3) is 3.43. The van der Waals surface area contributed by atoms with Gasteiger partial charge in [-0.05, 0) is 48.9 Å². The molecule has 0 N–H and O–H groups in total. The van der Waals surface area contributed by atoms with Gasteiger partial charge in [0.15, 0.2) is 0 Å². The summed E-state index contributed by atoms with van der Waals surface area (Å²) in [5.41, 5.74) is 5.14. The first-order valence-electron chi connectivity index (χ1n) is 6.95. The fraction of sp³-hybridized carbons (Fsp3) is 0.333. The minimum absolute atomic E-state index is 0.384. The summed E-state index contributed by atoms with van der Waals surface area (Å²) in [5, 5.41) is 0. The molecule has 0 spiro atoms. The molecule has 0 bridgehead atoms. The molecule has 0 fully saturated rings. The minimum Gasteiger partial charge on any atom is -0.496 e. The molecule has 20 heavy (non-hydrogen) atoms. The first-order valence-corrected chi connectivity index (χ1v) is 7.87. The number of benzene rings is 2. The molecule has 0 heterocycles. The molecule has 1 atom stereocenters. The summed E-state index contributed by atoms with van der Waals surface area (Å²) in [4.78, 5) is 0.384. The Morgan fingerprint density at radius 2 is 1.75 bits per heavy atom. The Morgan fingerprint density at radius 3 is 2.40 bits per heavy atom. The van der Waals surface area contributed by atoms with Crippen molar-refractivity contribution in [3.8, 4) is 5.75 Å². The molecule has 1 nitrogen and oxygen atoms in total. The highest BCUT2D eigenvalue weighted by Gasteiger charge is 2.12. The minimum atomic E-state index is 0.384. The summed E-state index contributed by atoms with van der Waals surface area (Å²) in [6.07, 6.45) is 2.07. The number of rotatable bonds is 5. The van der Waals surface area contributed by atoms with Crippen molar-refractivity contribution >= 4 is 15.9 Å². The van der Waals surface area contributed by atoms with Gasteiger partial charge in [-0.1, -0.05) is 58.4 Å². The second-order valence-corrected chi connectivity index (χ2v) is 6.22. The summed E-state index contributed by atoms with van der Waals surface area (Å²) in [6, 6.07) is 14.9. The van der Waals surface area contributed by atoms with Gasteiger partial charge in [-0.15, -0.1) is 0 Å². The standard InChI is InChI=1S/C18H21BrO/c1-13-9-10-16(18(20-3)14(13)2)11-12-17(19)15-7-5-4-6-8-15/h4-10,17H,11-12H2,1-3H3. The van der Waals surface area contributed by atoms with Gasteiger partial charge in [-0.25, -0.2) is 0 Å². The lowest BCUT2D eigenvalue weighted by atomic mass is 9.99. The quantitative estimate of drug-likeness (QED) is 0.668. The molecule has 1 unspecified atom stereocenters. The Balaban J connectivity index is 2.10. The van der Waals surface area contributed by atoms with E-state index in [2.05, 4.69) is 72.2 Å². The molecule has 0 aromatic heterocycles. The van der Waals surface area contributed by atoms with Crippen molar-refractivity contribution in [3.05, 3.63) is 64.7 Å². The number of halogens is 1. The number of methoxy groups -OCH3 is 1. The second-order valence-electron chi connectivity index (χ2n) is 5.12. The van der Waals surface area contributed by atoms with E-state index in [9.17, 15) is 0 Å². The van der Waals surface area contributed by atoms with Crippen LogP contribution < -0.4 is 4.74 Å².